The number of rotatable bonds is 6. The van der Waals surface area contributed by atoms with E-state index in [1.165, 1.54) is 29.2 Å². The Labute approximate surface area is 170 Å². The first-order valence-electron chi connectivity index (χ1n) is 8.97. The van der Waals surface area contributed by atoms with E-state index in [0.717, 1.165) is 12.0 Å². The lowest BCUT2D eigenvalue weighted by atomic mass is 10.1. The molecular formula is C20H18F3N5O2. The van der Waals surface area contributed by atoms with Crippen LogP contribution in [-0.4, -0.2) is 21.9 Å². The summed E-state index contributed by atoms with van der Waals surface area (Å²) >= 11 is 0. The zero-order valence-electron chi connectivity index (χ0n) is 16.1. The van der Waals surface area contributed by atoms with Gasteiger partial charge >= 0.3 is 6.18 Å². The standard InChI is InChI=1S/C20H18F3N5O2/c1-3-13-4-6-14(7-5-13)25-18-17(20(21,22)23)12-24-19(26-18)27(2)15-8-10-16(11-9-15)28(29)30/h4-12H,3H2,1-2H3,(H,24,25,26). The molecule has 0 saturated carbocycles. The van der Waals surface area contributed by atoms with Gasteiger partial charge in [-0.3, -0.25) is 10.1 Å². The minimum atomic E-state index is -4.64. The maximum Gasteiger partial charge on any atom is 0.421 e. The molecule has 0 aliphatic rings. The van der Waals surface area contributed by atoms with Gasteiger partial charge in [-0.15, -0.1) is 0 Å². The largest absolute Gasteiger partial charge is 0.421 e. The Morgan fingerprint density at radius 1 is 1.10 bits per heavy atom. The molecule has 156 valence electrons. The van der Waals surface area contributed by atoms with Crippen LogP contribution in [0.4, 0.5) is 42.0 Å². The molecule has 0 radical (unpaired) electrons. The summed E-state index contributed by atoms with van der Waals surface area (Å²) in [7, 11) is 1.56. The van der Waals surface area contributed by atoms with E-state index in [1.807, 2.05) is 19.1 Å². The highest BCUT2D eigenvalue weighted by Gasteiger charge is 2.35. The Hall–Kier alpha value is -3.69. The number of hydrogen-bond acceptors (Lipinski definition) is 6. The molecule has 0 amide bonds. The maximum absolute atomic E-state index is 13.4. The number of anilines is 4. The highest BCUT2D eigenvalue weighted by atomic mass is 19.4. The summed E-state index contributed by atoms with van der Waals surface area (Å²) in [4.78, 5) is 19.6. The highest BCUT2D eigenvalue weighted by molar-refractivity contribution is 5.64. The van der Waals surface area contributed by atoms with E-state index >= 15 is 0 Å². The second-order valence-electron chi connectivity index (χ2n) is 6.44. The third-order valence-electron chi connectivity index (χ3n) is 4.45. The number of non-ortho nitro benzene ring substituents is 1. The van der Waals surface area contributed by atoms with Crippen LogP contribution in [0.15, 0.2) is 54.7 Å². The molecule has 0 fully saturated rings. The molecule has 0 unspecified atom stereocenters. The summed E-state index contributed by atoms with van der Waals surface area (Å²) in [5.41, 5.74) is 0.901. The number of alkyl halides is 3. The van der Waals surface area contributed by atoms with E-state index in [1.54, 1.807) is 19.2 Å². The molecule has 1 aromatic heterocycles. The quantitative estimate of drug-likeness (QED) is 0.422. The lowest BCUT2D eigenvalue weighted by molar-refractivity contribution is -0.384. The summed E-state index contributed by atoms with van der Waals surface area (Å²) in [6, 6.07) is 12.5. The van der Waals surface area contributed by atoms with Gasteiger partial charge in [-0.2, -0.15) is 18.2 Å². The van der Waals surface area contributed by atoms with Gasteiger partial charge in [-0.25, -0.2) is 4.98 Å². The minimum Gasteiger partial charge on any atom is -0.340 e. The van der Waals surface area contributed by atoms with Crippen LogP contribution in [0.2, 0.25) is 0 Å². The molecule has 0 atom stereocenters. The SMILES string of the molecule is CCc1ccc(Nc2nc(N(C)c3ccc([N+](=O)[O-])cc3)ncc2C(F)(F)F)cc1. The first-order chi connectivity index (χ1) is 14.2. The third kappa shape index (κ3) is 4.65. The van der Waals surface area contributed by atoms with Crippen molar-refractivity contribution in [3.05, 3.63) is 76.0 Å². The molecule has 30 heavy (non-hydrogen) atoms. The van der Waals surface area contributed by atoms with E-state index in [0.29, 0.717) is 17.6 Å². The van der Waals surface area contributed by atoms with Gasteiger partial charge in [0.05, 0.1) is 4.92 Å². The monoisotopic (exact) mass is 417 g/mol. The average molecular weight is 417 g/mol. The first kappa shape index (κ1) is 21.0. The molecule has 7 nitrogen and oxygen atoms in total. The van der Waals surface area contributed by atoms with Crippen molar-refractivity contribution in [2.24, 2.45) is 0 Å². The average Bonchev–Trinajstić information content (AvgIpc) is 2.73. The summed E-state index contributed by atoms with van der Waals surface area (Å²) in [5.74, 6) is -0.380. The Kier molecular flexibility index (Phi) is 5.86. The Bertz CT molecular complexity index is 1040. The minimum absolute atomic E-state index is 0.00420. The summed E-state index contributed by atoms with van der Waals surface area (Å²) < 4.78 is 40.3. The van der Waals surface area contributed by atoms with Crippen LogP contribution >= 0.6 is 0 Å². The van der Waals surface area contributed by atoms with Gasteiger partial charge in [0, 0.05) is 36.8 Å². The van der Waals surface area contributed by atoms with Crippen LogP contribution in [0.25, 0.3) is 0 Å². The Balaban J connectivity index is 1.95. The second-order valence-corrected chi connectivity index (χ2v) is 6.44. The molecular weight excluding hydrogens is 399 g/mol. The number of hydrogen-bond donors (Lipinski definition) is 1. The van der Waals surface area contributed by atoms with E-state index in [4.69, 9.17) is 0 Å². The topological polar surface area (TPSA) is 84.2 Å². The predicted molar refractivity (Wildman–Crippen MR) is 107 cm³/mol. The van der Waals surface area contributed by atoms with E-state index in [-0.39, 0.29) is 17.5 Å². The number of nitrogens with one attached hydrogen (secondary N) is 1. The molecule has 0 aliphatic heterocycles. The van der Waals surface area contributed by atoms with Crippen molar-refractivity contribution in [1.29, 1.82) is 0 Å². The number of benzene rings is 2. The fourth-order valence-electron chi connectivity index (χ4n) is 2.71. The van der Waals surface area contributed by atoms with Gasteiger partial charge in [-0.1, -0.05) is 19.1 Å². The van der Waals surface area contributed by atoms with Crippen LogP contribution < -0.4 is 10.2 Å². The summed E-state index contributed by atoms with van der Waals surface area (Å²) in [6.45, 7) is 1.98. The van der Waals surface area contributed by atoms with Gasteiger partial charge < -0.3 is 10.2 Å². The van der Waals surface area contributed by atoms with E-state index < -0.39 is 16.7 Å². The molecule has 0 bridgehead atoms. The van der Waals surface area contributed by atoms with Gasteiger partial charge in [0.25, 0.3) is 5.69 Å². The van der Waals surface area contributed by atoms with Gasteiger partial charge in [0.1, 0.15) is 11.4 Å². The van der Waals surface area contributed by atoms with Gasteiger partial charge in [0.15, 0.2) is 0 Å². The van der Waals surface area contributed by atoms with Crippen molar-refractivity contribution < 1.29 is 18.1 Å². The summed E-state index contributed by atoms with van der Waals surface area (Å²) in [6.07, 6.45) is -3.12. The number of nitro groups is 1. The lowest BCUT2D eigenvalue weighted by Gasteiger charge is -2.20. The number of aryl methyl sites for hydroxylation is 1. The molecule has 1 N–H and O–H groups in total. The molecule has 3 aromatic rings. The normalized spacial score (nSPS) is 11.2. The molecule has 10 heteroatoms. The van der Waals surface area contributed by atoms with Crippen molar-refractivity contribution in [1.82, 2.24) is 9.97 Å². The second kappa shape index (κ2) is 8.36. The molecule has 3 rings (SSSR count). The van der Waals surface area contributed by atoms with Crippen LogP contribution in [0, 0.1) is 10.1 Å². The molecule has 0 saturated heterocycles. The number of halogens is 3. The van der Waals surface area contributed by atoms with Crippen molar-refractivity contribution in [2.75, 3.05) is 17.3 Å². The zero-order valence-corrected chi connectivity index (χ0v) is 16.1. The fourth-order valence-corrected chi connectivity index (χ4v) is 2.71. The molecule has 0 aliphatic carbocycles. The van der Waals surface area contributed by atoms with Crippen LogP contribution in [0.1, 0.15) is 18.1 Å². The van der Waals surface area contributed by atoms with Crippen LogP contribution in [0.3, 0.4) is 0 Å². The van der Waals surface area contributed by atoms with Crippen molar-refractivity contribution in [3.8, 4) is 0 Å². The molecule has 1 heterocycles. The predicted octanol–water partition coefficient (Wildman–Crippen LogP) is 5.48. The van der Waals surface area contributed by atoms with Crippen LogP contribution in [0.5, 0.6) is 0 Å². The zero-order chi connectivity index (χ0) is 21.9. The first-order valence-corrected chi connectivity index (χ1v) is 8.97. The van der Waals surface area contributed by atoms with E-state index in [2.05, 4.69) is 15.3 Å². The maximum atomic E-state index is 13.4. The van der Waals surface area contributed by atoms with E-state index in [9.17, 15) is 23.3 Å². The third-order valence-corrected chi connectivity index (χ3v) is 4.45. The number of aromatic nitrogens is 2. The molecule has 0 spiro atoms. The Morgan fingerprint density at radius 2 is 1.73 bits per heavy atom. The lowest BCUT2D eigenvalue weighted by Crippen LogP contribution is -2.17. The Morgan fingerprint density at radius 3 is 2.27 bits per heavy atom. The van der Waals surface area contributed by atoms with Gasteiger partial charge in [-0.05, 0) is 36.2 Å². The van der Waals surface area contributed by atoms with Crippen molar-refractivity contribution >= 4 is 28.8 Å². The fraction of sp³-hybridized carbons (Fsp3) is 0.200. The van der Waals surface area contributed by atoms with Crippen molar-refractivity contribution in [2.45, 2.75) is 19.5 Å². The smallest absolute Gasteiger partial charge is 0.340 e. The number of nitro benzene ring substituents is 1. The molecule has 2 aromatic carbocycles. The summed E-state index contributed by atoms with van der Waals surface area (Å²) in [5, 5.41) is 13.5. The van der Waals surface area contributed by atoms with Gasteiger partial charge in [0.2, 0.25) is 5.95 Å². The highest BCUT2D eigenvalue weighted by Crippen LogP contribution is 2.36. The number of nitrogens with zero attached hydrogens (tertiary/aromatic N) is 4. The van der Waals surface area contributed by atoms with Crippen molar-refractivity contribution in [3.63, 3.8) is 0 Å². The van der Waals surface area contributed by atoms with Crippen LogP contribution in [-0.2, 0) is 12.6 Å².